The van der Waals surface area contributed by atoms with Crippen molar-refractivity contribution in [1.29, 1.82) is 0 Å². The zero-order chi connectivity index (χ0) is 17.5. The van der Waals surface area contributed by atoms with Gasteiger partial charge in [0.15, 0.2) is 5.69 Å². The fraction of sp³-hybridized carbons (Fsp3) is 0.263. The topological polar surface area (TPSA) is 69.9 Å². The first kappa shape index (κ1) is 16.8. The first-order valence-electron chi connectivity index (χ1n) is 8.24. The van der Waals surface area contributed by atoms with Crippen LogP contribution in [0.15, 0.2) is 54.7 Å². The fourth-order valence-corrected chi connectivity index (χ4v) is 2.47. The van der Waals surface area contributed by atoms with Crippen LogP contribution in [0.2, 0.25) is 0 Å². The van der Waals surface area contributed by atoms with Crippen molar-refractivity contribution < 1.29 is 9.53 Å². The Bertz CT molecular complexity index is 830. The van der Waals surface area contributed by atoms with E-state index in [1.807, 2.05) is 55.5 Å². The number of aromatic nitrogens is 4. The molecular formula is C19H20N4O2. The van der Waals surface area contributed by atoms with E-state index in [1.165, 1.54) is 0 Å². The van der Waals surface area contributed by atoms with Crippen molar-refractivity contribution in [2.75, 3.05) is 6.61 Å². The first-order valence-corrected chi connectivity index (χ1v) is 8.24. The molecule has 2 aromatic heterocycles. The van der Waals surface area contributed by atoms with E-state index in [0.717, 1.165) is 29.8 Å². The zero-order valence-electron chi connectivity index (χ0n) is 14.1. The summed E-state index contributed by atoms with van der Waals surface area (Å²) in [5.41, 5.74) is 3.32. The van der Waals surface area contributed by atoms with Crippen LogP contribution in [0, 0.1) is 6.92 Å². The molecule has 3 rings (SSSR count). The number of carbonyl (C=O) groups excluding carboxylic acids is 1. The fourth-order valence-electron chi connectivity index (χ4n) is 2.47. The van der Waals surface area contributed by atoms with Crippen LogP contribution in [-0.4, -0.2) is 32.6 Å². The molecule has 0 N–H and O–H groups in total. The Kier molecular flexibility index (Phi) is 5.51. The van der Waals surface area contributed by atoms with E-state index >= 15 is 0 Å². The van der Waals surface area contributed by atoms with E-state index in [2.05, 4.69) is 15.3 Å². The smallest absolute Gasteiger partial charge is 0.360 e. The van der Waals surface area contributed by atoms with Crippen LogP contribution in [-0.2, 0) is 17.7 Å². The molecule has 6 heteroatoms. The summed E-state index contributed by atoms with van der Waals surface area (Å²) in [4.78, 5) is 16.4. The van der Waals surface area contributed by atoms with Crippen LogP contribution in [0.4, 0.5) is 0 Å². The summed E-state index contributed by atoms with van der Waals surface area (Å²) in [6, 6.07) is 15.8. The van der Waals surface area contributed by atoms with E-state index in [1.54, 1.807) is 10.9 Å². The van der Waals surface area contributed by atoms with E-state index in [0.29, 0.717) is 13.2 Å². The third-order valence-corrected chi connectivity index (χ3v) is 3.69. The predicted molar refractivity (Wildman–Crippen MR) is 93.1 cm³/mol. The molecule has 0 saturated carbocycles. The maximum absolute atomic E-state index is 12.0. The van der Waals surface area contributed by atoms with Crippen molar-refractivity contribution in [2.45, 2.75) is 26.3 Å². The minimum atomic E-state index is -0.448. The number of rotatable bonds is 7. The van der Waals surface area contributed by atoms with Crippen LogP contribution in [0.1, 0.15) is 33.9 Å². The van der Waals surface area contributed by atoms with Gasteiger partial charge in [0.25, 0.3) is 0 Å². The lowest BCUT2D eigenvalue weighted by atomic mass is 10.2. The monoisotopic (exact) mass is 336 g/mol. The van der Waals surface area contributed by atoms with Crippen molar-refractivity contribution in [1.82, 2.24) is 20.0 Å². The predicted octanol–water partition coefficient (Wildman–Crippen LogP) is 2.82. The molecule has 25 heavy (non-hydrogen) atoms. The molecule has 0 radical (unpaired) electrons. The molecule has 0 aliphatic carbocycles. The number of esters is 1. The van der Waals surface area contributed by atoms with Gasteiger partial charge in [-0.05, 0) is 37.5 Å². The summed E-state index contributed by atoms with van der Waals surface area (Å²) in [7, 11) is 0. The summed E-state index contributed by atoms with van der Waals surface area (Å²) in [5.74, 6) is -0.448. The van der Waals surface area contributed by atoms with Gasteiger partial charge in [-0.1, -0.05) is 41.6 Å². The maximum atomic E-state index is 12.0. The molecule has 6 nitrogen and oxygen atoms in total. The minimum absolute atomic E-state index is 0.226. The molecule has 0 atom stereocenters. The second-order valence-corrected chi connectivity index (χ2v) is 5.80. The molecule has 0 aliphatic heterocycles. The Balaban J connectivity index is 1.45. The summed E-state index contributed by atoms with van der Waals surface area (Å²) in [5, 5.41) is 7.86. The van der Waals surface area contributed by atoms with Crippen LogP contribution < -0.4 is 0 Å². The molecule has 0 amide bonds. The highest BCUT2D eigenvalue weighted by atomic mass is 16.5. The number of hydrogen-bond donors (Lipinski definition) is 0. The first-order chi connectivity index (χ1) is 12.2. The van der Waals surface area contributed by atoms with Crippen LogP contribution in [0.5, 0.6) is 0 Å². The highest BCUT2D eigenvalue weighted by molar-refractivity contribution is 5.86. The van der Waals surface area contributed by atoms with Gasteiger partial charge in [-0.2, -0.15) is 0 Å². The lowest BCUT2D eigenvalue weighted by Gasteiger charge is -2.03. The quantitative estimate of drug-likeness (QED) is 0.490. The van der Waals surface area contributed by atoms with Gasteiger partial charge in [-0.25, -0.2) is 9.48 Å². The number of benzene rings is 1. The van der Waals surface area contributed by atoms with Crippen molar-refractivity contribution in [3.8, 4) is 0 Å². The van der Waals surface area contributed by atoms with Gasteiger partial charge in [-0.15, -0.1) is 5.10 Å². The van der Waals surface area contributed by atoms with Crippen LogP contribution in [0.3, 0.4) is 0 Å². The molecule has 2 heterocycles. The minimum Gasteiger partial charge on any atom is -0.461 e. The lowest BCUT2D eigenvalue weighted by molar-refractivity contribution is 0.0493. The standard InChI is InChI=1S/C19H20N4O2/c1-15-7-5-10-17(20-15)11-6-12-25-19(24)18-14-23(22-21-18)13-16-8-3-2-4-9-16/h2-5,7-10,14H,6,11-13H2,1H3. The zero-order valence-corrected chi connectivity index (χ0v) is 14.1. The van der Waals surface area contributed by atoms with E-state index < -0.39 is 5.97 Å². The van der Waals surface area contributed by atoms with Gasteiger partial charge in [-0.3, -0.25) is 4.98 Å². The van der Waals surface area contributed by atoms with Gasteiger partial charge in [0.05, 0.1) is 19.3 Å². The van der Waals surface area contributed by atoms with E-state index in [9.17, 15) is 4.79 Å². The third-order valence-electron chi connectivity index (χ3n) is 3.69. The second-order valence-electron chi connectivity index (χ2n) is 5.80. The molecule has 0 aliphatic rings. The van der Waals surface area contributed by atoms with Crippen LogP contribution >= 0.6 is 0 Å². The molecular weight excluding hydrogens is 316 g/mol. The summed E-state index contributed by atoms with van der Waals surface area (Å²) < 4.78 is 6.89. The largest absolute Gasteiger partial charge is 0.461 e. The van der Waals surface area contributed by atoms with Crippen molar-refractivity contribution >= 4 is 5.97 Å². The van der Waals surface area contributed by atoms with Crippen molar-refractivity contribution in [2.24, 2.45) is 0 Å². The van der Waals surface area contributed by atoms with Gasteiger partial charge in [0.2, 0.25) is 0 Å². The lowest BCUT2D eigenvalue weighted by Crippen LogP contribution is -2.08. The van der Waals surface area contributed by atoms with Crippen molar-refractivity contribution in [3.63, 3.8) is 0 Å². The van der Waals surface area contributed by atoms with Gasteiger partial charge >= 0.3 is 5.97 Å². The molecule has 0 unspecified atom stereocenters. The average molecular weight is 336 g/mol. The Morgan fingerprint density at radius 3 is 2.76 bits per heavy atom. The number of carbonyl (C=O) groups is 1. The summed E-state index contributed by atoms with van der Waals surface area (Å²) >= 11 is 0. The average Bonchev–Trinajstić information content (AvgIpc) is 3.08. The number of pyridine rings is 1. The SMILES string of the molecule is Cc1cccc(CCCOC(=O)c2cn(Cc3ccccc3)nn2)n1. The maximum Gasteiger partial charge on any atom is 0.360 e. The van der Waals surface area contributed by atoms with Gasteiger partial charge < -0.3 is 4.74 Å². The Morgan fingerprint density at radius 1 is 1.12 bits per heavy atom. The normalized spacial score (nSPS) is 10.6. The number of ether oxygens (including phenoxy) is 1. The van der Waals surface area contributed by atoms with Gasteiger partial charge in [0, 0.05) is 11.4 Å². The summed E-state index contributed by atoms with van der Waals surface area (Å²) in [6.07, 6.45) is 3.10. The molecule has 0 saturated heterocycles. The molecule has 0 fully saturated rings. The Hall–Kier alpha value is -3.02. The Morgan fingerprint density at radius 2 is 1.96 bits per heavy atom. The molecule has 3 aromatic rings. The summed E-state index contributed by atoms with van der Waals surface area (Å²) in [6.45, 7) is 2.86. The van der Waals surface area contributed by atoms with Crippen molar-refractivity contribution in [3.05, 3.63) is 77.4 Å². The molecule has 128 valence electrons. The molecule has 1 aromatic carbocycles. The second kappa shape index (κ2) is 8.19. The highest BCUT2D eigenvalue weighted by Crippen LogP contribution is 2.05. The van der Waals surface area contributed by atoms with E-state index in [4.69, 9.17) is 4.74 Å². The number of nitrogens with zero attached hydrogens (tertiary/aromatic N) is 4. The van der Waals surface area contributed by atoms with Gasteiger partial charge in [0.1, 0.15) is 0 Å². The number of hydrogen-bond acceptors (Lipinski definition) is 5. The number of aryl methyl sites for hydroxylation is 2. The van der Waals surface area contributed by atoms with Crippen LogP contribution in [0.25, 0.3) is 0 Å². The van der Waals surface area contributed by atoms with E-state index in [-0.39, 0.29) is 5.69 Å². The molecule has 0 bridgehead atoms. The Labute approximate surface area is 146 Å². The third kappa shape index (κ3) is 4.97. The highest BCUT2D eigenvalue weighted by Gasteiger charge is 2.12. The molecule has 0 spiro atoms.